The van der Waals surface area contributed by atoms with Crippen LogP contribution in [0.1, 0.15) is 20.8 Å². The predicted molar refractivity (Wildman–Crippen MR) is 53.3 cm³/mol. The summed E-state index contributed by atoms with van der Waals surface area (Å²) in [5, 5.41) is 2.98. The first kappa shape index (κ1) is 12.6. The smallest absolute Gasteiger partial charge is 0.266 e. The van der Waals surface area contributed by atoms with Crippen LogP contribution in [-0.2, 0) is 10.1 Å². The molecule has 0 rings (SSSR count). The number of hydrogen-bond acceptors (Lipinski definition) is 3. The molecule has 0 radical (unpaired) electrons. The van der Waals surface area contributed by atoms with Crippen LogP contribution in [0.5, 0.6) is 0 Å². The summed E-state index contributed by atoms with van der Waals surface area (Å²) >= 11 is 0. The fraction of sp³-hybridized carbons (Fsp3) is 0.750. The Morgan fingerprint density at radius 2 is 2.00 bits per heavy atom. The topological polar surface area (TPSA) is 66.4 Å². The molecule has 0 aromatic rings. The van der Waals surface area contributed by atoms with E-state index in [-0.39, 0.29) is 5.75 Å². The zero-order valence-corrected chi connectivity index (χ0v) is 9.11. The molecule has 0 spiro atoms. The Balaban J connectivity index is 4.17. The summed E-state index contributed by atoms with van der Waals surface area (Å²) in [6.07, 6.45) is 0. The van der Waals surface area contributed by atoms with Crippen LogP contribution in [0.4, 0.5) is 0 Å². The molecule has 0 unspecified atom stereocenters. The first-order valence-corrected chi connectivity index (χ1v) is 5.58. The zero-order chi connectivity index (χ0) is 10.7. The van der Waals surface area contributed by atoms with Gasteiger partial charge in [-0.2, -0.15) is 8.42 Å². The summed E-state index contributed by atoms with van der Waals surface area (Å²) in [6.45, 7) is 9.49. The van der Waals surface area contributed by atoms with E-state index in [4.69, 9.17) is 4.55 Å². The molecule has 2 N–H and O–H groups in total. The lowest BCUT2D eigenvalue weighted by atomic mass is 10.1. The van der Waals surface area contributed by atoms with Crippen molar-refractivity contribution in [2.75, 3.05) is 12.3 Å². The van der Waals surface area contributed by atoms with E-state index in [0.717, 1.165) is 5.57 Å². The second kappa shape index (κ2) is 4.21. The van der Waals surface area contributed by atoms with Crippen molar-refractivity contribution in [1.29, 1.82) is 0 Å². The minimum atomic E-state index is -3.92. The Bertz CT molecular complexity index is 280. The summed E-state index contributed by atoms with van der Waals surface area (Å²) in [6, 6.07) is 0. The molecule has 0 aliphatic heterocycles. The van der Waals surface area contributed by atoms with Gasteiger partial charge >= 0.3 is 0 Å². The Morgan fingerprint density at radius 3 is 2.31 bits per heavy atom. The first-order valence-electron chi connectivity index (χ1n) is 3.97. The molecule has 13 heavy (non-hydrogen) atoms. The Morgan fingerprint density at radius 1 is 1.54 bits per heavy atom. The zero-order valence-electron chi connectivity index (χ0n) is 8.29. The lowest BCUT2D eigenvalue weighted by Crippen LogP contribution is -2.45. The van der Waals surface area contributed by atoms with E-state index in [0.29, 0.717) is 6.54 Å². The van der Waals surface area contributed by atoms with Gasteiger partial charge in [0.15, 0.2) is 0 Å². The van der Waals surface area contributed by atoms with Gasteiger partial charge < -0.3 is 5.32 Å². The highest BCUT2D eigenvalue weighted by Crippen LogP contribution is 2.05. The highest BCUT2D eigenvalue weighted by atomic mass is 32.2. The van der Waals surface area contributed by atoms with Crippen LogP contribution < -0.4 is 5.32 Å². The van der Waals surface area contributed by atoms with Crippen molar-refractivity contribution < 1.29 is 13.0 Å². The molecule has 0 heterocycles. The molecule has 0 bridgehead atoms. The van der Waals surface area contributed by atoms with Crippen molar-refractivity contribution in [2.45, 2.75) is 26.3 Å². The molecule has 0 saturated heterocycles. The number of nitrogens with one attached hydrogen (secondary N) is 1. The Hall–Kier alpha value is -0.390. The van der Waals surface area contributed by atoms with Crippen molar-refractivity contribution in [3.8, 4) is 0 Å². The van der Waals surface area contributed by atoms with Crippen LogP contribution in [0, 0.1) is 0 Å². The van der Waals surface area contributed by atoms with Crippen LogP contribution in [-0.4, -0.2) is 30.8 Å². The first-order chi connectivity index (χ1) is 5.62. The minimum Gasteiger partial charge on any atom is -0.307 e. The minimum absolute atomic E-state index is 0.298. The van der Waals surface area contributed by atoms with Crippen LogP contribution in [0.3, 0.4) is 0 Å². The fourth-order valence-electron chi connectivity index (χ4n) is 0.897. The predicted octanol–water partition coefficient (Wildman–Crippen LogP) is 0.819. The maximum absolute atomic E-state index is 10.6. The molecule has 0 aliphatic carbocycles. The third-order valence-electron chi connectivity index (χ3n) is 1.41. The Kier molecular flexibility index (Phi) is 4.09. The van der Waals surface area contributed by atoms with E-state index in [9.17, 15) is 8.42 Å². The highest BCUT2D eigenvalue weighted by Gasteiger charge is 2.23. The van der Waals surface area contributed by atoms with Gasteiger partial charge in [0.1, 0.15) is 0 Å². The molecule has 0 amide bonds. The van der Waals surface area contributed by atoms with Gasteiger partial charge in [-0.25, -0.2) is 0 Å². The molecule has 0 saturated carbocycles. The third kappa shape index (κ3) is 7.95. The highest BCUT2D eigenvalue weighted by molar-refractivity contribution is 7.85. The standard InChI is InChI=1S/C8H17NO3S/c1-7(2)5-9-8(3,4)6-13(10,11)12/h9H,1,5-6H2,2-4H3,(H,10,11,12). The second-order valence-electron chi connectivity index (χ2n) is 3.92. The summed E-state index contributed by atoms with van der Waals surface area (Å²) < 4.78 is 29.8. The largest absolute Gasteiger partial charge is 0.307 e. The molecule has 0 aromatic heterocycles. The van der Waals surface area contributed by atoms with E-state index in [1.54, 1.807) is 13.8 Å². The maximum Gasteiger partial charge on any atom is 0.266 e. The molecule has 0 aliphatic rings. The van der Waals surface area contributed by atoms with Gasteiger partial charge in [-0.05, 0) is 20.8 Å². The van der Waals surface area contributed by atoms with Crippen molar-refractivity contribution in [3.05, 3.63) is 12.2 Å². The molecular formula is C8H17NO3S. The lowest BCUT2D eigenvalue weighted by molar-refractivity contribution is 0.414. The van der Waals surface area contributed by atoms with Gasteiger partial charge in [0.05, 0.1) is 5.75 Å². The average Bonchev–Trinajstić information content (AvgIpc) is 1.78. The van der Waals surface area contributed by atoms with Gasteiger partial charge in [-0.1, -0.05) is 12.2 Å². The maximum atomic E-state index is 10.6. The molecule has 0 aromatic carbocycles. The van der Waals surface area contributed by atoms with Gasteiger partial charge in [0.25, 0.3) is 10.1 Å². The summed E-state index contributed by atoms with van der Waals surface area (Å²) in [5.41, 5.74) is 0.287. The van der Waals surface area contributed by atoms with Gasteiger partial charge in [-0.15, -0.1) is 0 Å². The molecule has 4 nitrogen and oxygen atoms in total. The normalized spacial score (nSPS) is 12.9. The summed E-state index contributed by atoms with van der Waals surface area (Å²) in [7, 11) is -3.92. The summed E-state index contributed by atoms with van der Waals surface area (Å²) in [4.78, 5) is 0. The van der Waals surface area contributed by atoms with Crippen molar-refractivity contribution in [1.82, 2.24) is 5.32 Å². The molecule has 0 atom stereocenters. The van der Waals surface area contributed by atoms with E-state index >= 15 is 0 Å². The van der Waals surface area contributed by atoms with Crippen molar-refractivity contribution >= 4 is 10.1 Å². The monoisotopic (exact) mass is 207 g/mol. The van der Waals surface area contributed by atoms with Gasteiger partial charge in [0.2, 0.25) is 0 Å². The van der Waals surface area contributed by atoms with Crippen LogP contribution in [0.25, 0.3) is 0 Å². The SMILES string of the molecule is C=C(C)CNC(C)(C)CS(=O)(=O)O. The van der Waals surface area contributed by atoms with Crippen LogP contribution >= 0.6 is 0 Å². The van der Waals surface area contributed by atoms with Crippen LogP contribution in [0.2, 0.25) is 0 Å². The van der Waals surface area contributed by atoms with E-state index in [1.807, 2.05) is 6.92 Å². The van der Waals surface area contributed by atoms with E-state index in [2.05, 4.69) is 11.9 Å². The number of hydrogen-bond donors (Lipinski definition) is 2. The molecular weight excluding hydrogens is 190 g/mol. The van der Waals surface area contributed by atoms with Crippen molar-refractivity contribution in [3.63, 3.8) is 0 Å². The quantitative estimate of drug-likeness (QED) is 0.517. The molecule has 78 valence electrons. The second-order valence-corrected chi connectivity index (χ2v) is 5.37. The average molecular weight is 207 g/mol. The fourth-order valence-corrected chi connectivity index (χ4v) is 1.91. The molecule has 5 heteroatoms. The van der Waals surface area contributed by atoms with E-state index < -0.39 is 15.7 Å². The van der Waals surface area contributed by atoms with Crippen LogP contribution in [0.15, 0.2) is 12.2 Å². The summed E-state index contributed by atoms with van der Waals surface area (Å²) in [5.74, 6) is -0.298. The third-order valence-corrected chi connectivity index (χ3v) is 2.50. The Labute approximate surface area is 79.8 Å². The number of rotatable bonds is 5. The van der Waals surface area contributed by atoms with E-state index in [1.165, 1.54) is 0 Å². The van der Waals surface area contributed by atoms with Gasteiger partial charge in [0, 0.05) is 12.1 Å². The van der Waals surface area contributed by atoms with Gasteiger partial charge in [-0.3, -0.25) is 4.55 Å². The van der Waals surface area contributed by atoms with Crippen molar-refractivity contribution in [2.24, 2.45) is 0 Å². The molecule has 0 fully saturated rings. The lowest BCUT2D eigenvalue weighted by Gasteiger charge is -2.24.